The van der Waals surface area contributed by atoms with Gasteiger partial charge in [0.15, 0.2) is 5.96 Å². The smallest absolute Gasteiger partial charge is 0.190 e. The van der Waals surface area contributed by atoms with E-state index in [0.29, 0.717) is 5.69 Å². The maximum absolute atomic E-state index is 13.7. The number of halogens is 1. The van der Waals surface area contributed by atoms with Gasteiger partial charge in [-0.15, -0.1) is 11.3 Å². The van der Waals surface area contributed by atoms with Gasteiger partial charge in [0.2, 0.25) is 0 Å². The zero-order valence-electron chi connectivity index (χ0n) is 15.1. The molecule has 0 fully saturated rings. The average molecular weight is 364 g/mol. The second-order valence-corrected chi connectivity index (χ2v) is 7.09. The fraction of sp³-hybridized carbons (Fsp3) is 0.444. The van der Waals surface area contributed by atoms with Crippen LogP contribution >= 0.6 is 11.3 Å². The Hall–Kier alpha value is -2.15. The van der Waals surface area contributed by atoms with Gasteiger partial charge in [-0.05, 0) is 25.5 Å². The lowest BCUT2D eigenvalue weighted by molar-refractivity contribution is 0.619. The number of nitrogens with zero attached hydrogens (tertiary/aromatic N) is 3. The second kappa shape index (κ2) is 9.98. The number of guanidine groups is 1. The maximum atomic E-state index is 13.7. The summed E-state index contributed by atoms with van der Waals surface area (Å²) in [6.45, 7) is 4.40. The number of hydrogen-bond donors (Lipinski definition) is 2. The molecule has 1 aromatic carbocycles. The van der Waals surface area contributed by atoms with Gasteiger partial charge in [-0.3, -0.25) is 4.99 Å². The van der Waals surface area contributed by atoms with Crippen molar-refractivity contribution in [1.82, 2.24) is 15.6 Å². The summed E-state index contributed by atoms with van der Waals surface area (Å²) in [4.78, 5) is 11.7. The molecule has 0 unspecified atom stereocenters. The number of benzene rings is 1. The van der Waals surface area contributed by atoms with Crippen molar-refractivity contribution in [3.63, 3.8) is 0 Å². The van der Waals surface area contributed by atoms with Gasteiger partial charge in [-0.1, -0.05) is 12.1 Å². The molecule has 2 aromatic rings. The first kappa shape index (κ1) is 19.2. The van der Waals surface area contributed by atoms with Crippen LogP contribution in [-0.4, -0.2) is 44.7 Å². The van der Waals surface area contributed by atoms with E-state index in [-0.39, 0.29) is 5.82 Å². The number of aromatic nitrogens is 1. The van der Waals surface area contributed by atoms with Gasteiger partial charge in [-0.25, -0.2) is 9.37 Å². The van der Waals surface area contributed by atoms with E-state index in [2.05, 4.69) is 27.5 Å². The third kappa shape index (κ3) is 6.34. The van der Waals surface area contributed by atoms with Crippen molar-refractivity contribution in [2.45, 2.75) is 19.8 Å². The average Bonchev–Trinajstić information content (AvgIpc) is 3.02. The SMILES string of the molecule is CN=C(NCCCN(C)c1ccccc1F)NCCc1ncc(C)s1. The first-order chi connectivity index (χ1) is 12.1. The summed E-state index contributed by atoms with van der Waals surface area (Å²) >= 11 is 1.72. The minimum Gasteiger partial charge on any atom is -0.372 e. The van der Waals surface area contributed by atoms with Crippen molar-refractivity contribution >= 4 is 23.0 Å². The number of hydrogen-bond acceptors (Lipinski definition) is 4. The Morgan fingerprint density at radius 2 is 2.04 bits per heavy atom. The highest BCUT2D eigenvalue weighted by molar-refractivity contribution is 7.11. The lowest BCUT2D eigenvalue weighted by atomic mass is 10.2. The minimum absolute atomic E-state index is 0.187. The fourth-order valence-electron chi connectivity index (χ4n) is 2.43. The molecular weight excluding hydrogens is 337 g/mol. The van der Waals surface area contributed by atoms with Gasteiger partial charge in [0.05, 0.1) is 10.7 Å². The van der Waals surface area contributed by atoms with Crippen LogP contribution in [0.4, 0.5) is 10.1 Å². The summed E-state index contributed by atoms with van der Waals surface area (Å²) in [5.41, 5.74) is 0.628. The van der Waals surface area contributed by atoms with Crippen molar-refractivity contribution in [3.05, 3.63) is 46.2 Å². The van der Waals surface area contributed by atoms with E-state index in [1.165, 1.54) is 10.9 Å². The highest BCUT2D eigenvalue weighted by Crippen LogP contribution is 2.16. The molecule has 0 bridgehead atoms. The summed E-state index contributed by atoms with van der Waals surface area (Å²) in [7, 11) is 3.66. The van der Waals surface area contributed by atoms with Crippen molar-refractivity contribution in [2.75, 3.05) is 38.6 Å². The standard InChI is InChI=1S/C18H26FN5S/c1-14-13-23-17(25-14)9-11-22-18(20-2)21-10-6-12-24(3)16-8-5-4-7-15(16)19/h4-5,7-8,13H,6,9-12H2,1-3H3,(H2,20,21,22). The molecule has 0 radical (unpaired) electrons. The number of anilines is 1. The van der Waals surface area contributed by atoms with E-state index < -0.39 is 0 Å². The molecule has 7 heteroatoms. The molecule has 0 saturated carbocycles. The van der Waals surface area contributed by atoms with Crippen LogP contribution in [-0.2, 0) is 6.42 Å². The van der Waals surface area contributed by atoms with Gasteiger partial charge < -0.3 is 15.5 Å². The van der Waals surface area contributed by atoms with Crippen LogP contribution in [0.5, 0.6) is 0 Å². The zero-order chi connectivity index (χ0) is 18.1. The summed E-state index contributed by atoms with van der Waals surface area (Å²) in [6.07, 6.45) is 3.67. The van der Waals surface area contributed by atoms with E-state index in [9.17, 15) is 4.39 Å². The van der Waals surface area contributed by atoms with Gasteiger partial charge in [0.1, 0.15) is 5.82 Å². The molecule has 0 amide bonds. The fourth-order valence-corrected chi connectivity index (χ4v) is 3.22. The molecule has 0 spiro atoms. The van der Waals surface area contributed by atoms with Crippen molar-refractivity contribution in [3.8, 4) is 0 Å². The first-order valence-corrected chi connectivity index (χ1v) is 9.23. The van der Waals surface area contributed by atoms with Crippen LogP contribution in [0.15, 0.2) is 35.5 Å². The Kier molecular flexibility index (Phi) is 7.66. The lowest BCUT2D eigenvalue weighted by Crippen LogP contribution is -2.39. The van der Waals surface area contributed by atoms with Gasteiger partial charge in [0, 0.05) is 51.2 Å². The largest absolute Gasteiger partial charge is 0.372 e. The van der Waals surface area contributed by atoms with E-state index >= 15 is 0 Å². The van der Waals surface area contributed by atoms with Gasteiger partial charge in [-0.2, -0.15) is 0 Å². The number of para-hydroxylation sites is 1. The van der Waals surface area contributed by atoms with Crippen molar-refractivity contribution in [2.24, 2.45) is 4.99 Å². The first-order valence-electron chi connectivity index (χ1n) is 8.41. The van der Waals surface area contributed by atoms with Crippen molar-refractivity contribution in [1.29, 1.82) is 0 Å². The maximum Gasteiger partial charge on any atom is 0.190 e. The molecule has 136 valence electrons. The van der Waals surface area contributed by atoms with Crippen LogP contribution in [0, 0.1) is 12.7 Å². The molecular formula is C18H26FN5S. The second-order valence-electron chi connectivity index (χ2n) is 5.77. The third-order valence-electron chi connectivity index (χ3n) is 3.75. The molecule has 0 aliphatic rings. The van der Waals surface area contributed by atoms with E-state index in [1.54, 1.807) is 30.5 Å². The monoisotopic (exact) mass is 363 g/mol. The summed E-state index contributed by atoms with van der Waals surface area (Å²) < 4.78 is 13.7. The molecule has 0 aliphatic heterocycles. The number of nitrogens with one attached hydrogen (secondary N) is 2. The van der Waals surface area contributed by atoms with Gasteiger partial charge >= 0.3 is 0 Å². The molecule has 0 aliphatic carbocycles. The molecule has 1 heterocycles. The van der Waals surface area contributed by atoms with E-state index in [1.807, 2.05) is 24.2 Å². The Bertz CT molecular complexity index is 686. The lowest BCUT2D eigenvalue weighted by Gasteiger charge is -2.20. The predicted octanol–water partition coefficient (Wildman–Crippen LogP) is 2.82. The summed E-state index contributed by atoms with van der Waals surface area (Å²) in [5, 5.41) is 7.70. The molecule has 2 rings (SSSR count). The van der Waals surface area contributed by atoms with Crippen LogP contribution in [0.2, 0.25) is 0 Å². The number of aryl methyl sites for hydroxylation is 1. The molecule has 2 N–H and O–H groups in total. The molecule has 0 atom stereocenters. The Labute approximate surface area is 153 Å². The van der Waals surface area contributed by atoms with Crippen LogP contribution in [0.1, 0.15) is 16.3 Å². The predicted molar refractivity (Wildman–Crippen MR) is 104 cm³/mol. The summed E-state index contributed by atoms with van der Waals surface area (Å²) in [5.74, 6) is 0.592. The Morgan fingerprint density at radius 1 is 1.28 bits per heavy atom. The van der Waals surface area contributed by atoms with Crippen LogP contribution < -0.4 is 15.5 Å². The van der Waals surface area contributed by atoms with E-state index in [0.717, 1.165) is 43.4 Å². The summed E-state index contributed by atoms with van der Waals surface area (Å²) in [6, 6.07) is 6.84. The third-order valence-corrected chi connectivity index (χ3v) is 4.72. The van der Waals surface area contributed by atoms with Gasteiger partial charge in [0.25, 0.3) is 0 Å². The minimum atomic E-state index is -0.187. The molecule has 25 heavy (non-hydrogen) atoms. The molecule has 0 saturated heterocycles. The number of aliphatic imine (C=N–C) groups is 1. The highest BCUT2D eigenvalue weighted by atomic mass is 32.1. The Morgan fingerprint density at radius 3 is 2.72 bits per heavy atom. The van der Waals surface area contributed by atoms with E-state index in [4.69, 9.17) is 0 Å². The molecule has 1 aromatic heterocycles. The Balaban J connectivity index is 1.64. The van der Waals surface area contributed by atoms with Crippen LogP contribution in [0.25, 0.3) is 0 Å². The van der Waals surface area contributed by atoms with Crippen LogP contribution in [0.3, 0.4) is 0 Å². The topological polar surface area (TPSA) is 52.6 Å². The number of rotatable bonds is 8. The zero-order valence-corrected chi connectivity index (χ0v) is 15.9. The highest BCUT2D eigenvalue weighted by Gasteiger charge is 2.06. The van der Waals surface area contributed by atoms with Crippen molar-refractivity contribution < 1.29 is 4.39 Å². The molecule has 5 nitrogen and oxygen atoms in total. The number of thiazole rings is 1. The quantitative estimate of drug-likeness (QED) is 0.430. The normalized spacial score (nSPS) is 11.4.